The Hall–Kier alpha value is -3.00. The first-order valence-electron chi connectivity index (χ1n) is 18.4. The Labute approximate surface area is 305 Å². The molecule has 0 aliphatic heterocycles. The maximum absolute atomic E-state index is 8.83. The molecule has 0 saturated heterocycles. The summed E-state index contributed by atoms with van der Waals surface area (Å²) < 4.78 is 0.193. The summed E-state index contributed by atoms with van der Waals surface area (Å²) in [5, 5.41) is 5.12. The first kappa shape index (κ1) is 32.9. The molecule has 0 aromatic heterocycles. The van der Waals surface area contributed by atoms with Gasteiger partial charge in [0, 0.05) is 0 Å². The monoisotopic (exact) mass is 783 g/mol. The van der Waals surface area contributed by atoms with Gasteiger partial charge in [0.2, 0.25) is 0 Å². The molecule has 9 rings (SSSR count). The van der Waals surface area contributed by atoms with Crippen molar-refractivity contribution in [2.24, 2.45) is 5.92 Å². The van der Waals surface area contributed by atoms with Gasteiger partial charge < -0.3 is 0 Å². The van der Waals surface area contributed by atoms with E-state index in [4.69, 9.17) is 17.0 Å². The molecule has 6 aromatic carbocycles. The summed E-state index contributed by atoms with van der Waals surface area (Å²) >= 11 is -4.90. The fourth-order valence-electron chi connectivity index (χ4n) is 9.89. The van der Waals surface area contributed by atoms with Crippen LogP contribution in [-0.4, -0.2) is 5.92 Å². The van der Waals surface area contributed by atoms with E-state index in [2.05, 4.69) is 154 Å². The molecule has 6 aromatic rings. The van der Waals surface area contributed by atoms with E-state index in [1.54, 1.807) is 5.57 Å². The van der Waals surface area contributed by atoms with E-state index in [-0.39, 0.29) is 7.25 Å². The summed E-state index contributed by atoms with van der Waals surface area (Å²) in [6, 6.07) is 42.6. The number of allylic oxidation sites excluding steroid dienone is 2. The van der Waals surface area contributed by atoms with Crippen molar-refractivity contribution >= 4 is 56.6 Å². The molecular formula is C46H43Cl2SiZr. The zero-order valence-electron chi connectivity index (χ0n) is 29.3. The number of benzene rings is 6. The normalized spacial score (nSPS) is 19.5. The topological polar surface area (TPSA) is 0 Å². The molecule has 0 heterocycles. The Morgan fingerprint density at radius 2 is 1.14 bits per heavy atom. The standard InChI is InChI=1S/C23H19.C21H17.C2H7Si.2ClH.Zr/c1-2-11-20-17(6-1)9-4-12-21(20)22-13-5-10-18-14-19(15-23(18)22)16-7-3-8-16;1-14-12-20-15(2)10-11-19(21(20)13-14)18-9-5-7-16-6-3-4-8-17(16)18;1-3-2;;;/h1-2,4-6,9-16H,3,7-8H2;3-13H,1-2H3;3H,1-2H3;2*1H;/q;;;;;+2/p-2. The molecule has 0 bridgehead atoms. The van der Waals surface area contributed by atoms with Gasteiger partial charge in [-0.3, -0.25) is 0 Å². The maximum atomic E-state index is 8.83. The molecule has 3 aliphatic rings. The zero-order chi connectivity index (χ0) is 34.4. The molecule has 3 aliphatic carbocycles. The third-order valence-corrected chi connectivity index (χ3v) is 64.6. The first-order valence-corrected chi connectivity index (χ1v) is 34.7. The molecule has 50 heavy (non-hydrogen) atoms. The summed E-state index contributed by atoms with van der Waals surface area (Å²) in [6.07, 6.45) is 8.80. The number of rotatable bonds is 6. The van der Waals surface area contributed by atoms with Crippen molar-refractivity contribution in [3.8, 4) is 22.3 Å². The van der Waals surface area contributed by atoms with Crippen LogP contribution in [0.15, 0.2) is 126 Å². The van der Waals surface area contributed by atoms with Gasteiger partial charge in [-0.05, 0) is 0 Å². The Morgan fingerprint density at radius 3 is 1.74 bits per heavy atom. The van der Waals surface area contributed by atoms with E-state index in [0.717, 1.165) is 0 Å². The van der Waals surface area contributed by atoms with Gasteiger partial charge in [-0.1, -0.05) is 0 Å². The van der Waals surface area contributed by atoms with Crippen LogP contribution in [0.2, 0.25) is 13.1 Å². The van der Waals surface area contributed by atoms with E-state index >= 15 is 0 Å². The average Bonchev–Trinajstić information content (AvgIpc) is 3.67. The van der Waals surface area contributed by atoms with Crippen molar-refractivity contribution in [3.63, 3.8) is 0 Å². The van der Waals surface area contributed by atoms with Gasteiger partial charge in [0.05, 0.1) is 0 Å². The Kier molecular flexibility index (Phi) is 7.91. The molecule has 0 radical (unpaired) electrons. The molecule has 0 nitrogen and oxygen atoms in total. The van der Waals surface area contributed by atoms with Gasteiger partial charge in [0.1, 0.15) is 0 Å². The van der Waals surface area contributed by atoms with E-state index in [0.29, 0.717) is 5.92 Å². The molecule has 1 fully saturated rings. The Balaban J connectivity index is 1.28. The van der Waals surface area contributed by atoms with Crippen LogP contribution in [0.25, 0.3) is 56.0 Å². The second-order valence-corrected chi connectivity index (χ2v) is 58.0. The zero-order valence-corrected chi connectivity index (χ0v) is 34.4. The van der Waals surface area contributed by atoms with Crippen LogP contribution in [0.1, 0.15) is 61.3 Å². The first-order chi connectivity index (χ1) is 24.2. The third kappa shape index (κ3) is 4.71. The third-order valence-electron chi connectivity index (χ3n) is 12.7. The average molecular weight is 786 g/mol. The van der Waals surface area contributed by atoms with Crippen LogP contribution in [0.5, 0.6) is 0 Å². The number of hydrogen-bond acceptors (Lipinski definition) is 0. The van der Waals surface area contributed by atoms with Crippen LogP contribution < -0.4 is 0 Å². The number of aryl methyl sites for hydroxylation is 1. The fraction of sp³-hybridized carbons (Fsp3) is 0.217. The second kappa shape index (κ2) is 12.0. The molecule has 0 amide bonds. The summed E-state index contributed by atoms with van der Waals surface area (Å²) in [4.78, 5) is 0. The van der Waals surface area contributed by atoms with E-state index in [1.165, 1.54) is 96.5 Å². The molecule has 0 spiro atoms. The minimum atomic E-state index is -4.90. The Morgan fingerprint density at radius 1 is 0.580 bits per heavy atom. The predicted molar refractivity (Wildman–Crippen MR) is 219 cm³/mol. The predicted octanol–water partition coefficient (Wildman–Crippen LogP) is 14.0. The van der Waals surface area contributed by atoms with Crippen molar-refractivity contribution < 1.29 is 15.6 Å². The van der Waals surface area contributed by atoms with E-state index < -0.39 is 21.5 Å². The summed E-state index contributed by atoms with van der Waals surface area (Å²) in [7, 11) is 17.7. The molecule has 1 saturated carbocycles. The van der Waals surface area contributed by atoms with Gasteiger partial charge in [-0.2, -0.15) is 0 Å². The summed E-state index contributed by atoms with van der Waals surface area (Å²) in [5.41, 5.74) is 14.9. The van der Waals surface area contributed by atoms with Crippen molar-refractivity contribution in [1.29, 1.82) is 0 Å². The second-order valence-electron chi connectivity index (χ2n) is 15.5. The Bertz CT molecular complexity index is 2420. The molecule has 249 valence electrons. The quantitative estimate of drug-likeness (QED) is 0.148. The van der Waals surface area contributed by atoms with Crippen molar-refractivity contribution in [3.05, 3.63) is 154 Å². The van der Waals surface area contributed by atoms with Crippen LogP contribution in [-0.2, 0) is 15.6 Å². The van der Waals surface area contributed by atoms with Crippen LogP contribution in [0, 0.1) is 12.8 Å². The molecular weight excluding hydrogens is 743 g/mol. The molecule has 4 heteroatoms. The van der Waals surface area contributed by atoms with Gasteiger partial charge >= 0.3 is 308 Å². The van der Waals surface area contributed by atoms with Crippen molar-refractivity contribution in [2.45, 2.75) is 53.5 Å². The number of halogens is 2. The van der Waals surface area contributed by atoms with Crippen LogP contribution >= 0.6 is 17.0 Å². The summed E-state index contributed by atoms with van der Waals surface area (Å²) in [6.45, 7) is 9.58. The van der Waals surface area contributed by atoms with Crippen molar-refractivity contribution in [2.75, 3.05) is 0 Å². The van der Waals surface area contributed by atoms with Crippen LogP contribution in [0.3, 0.4) is 0 Å². The fourth-order valence-corrected chi connectivity index (χ4v) is 41.9. The van der Waals surface area contributed by atoms with Gasteiger partial charge in [0.15, 0.2) is 0 Å². The number of fused-ring (bicyclic) bond motifs is 4. The van der Waals surface area contributed by atoms with Gasteiger partial charge in [0.25, 0.3) is 0 Å². The van der Waals surface area contributed by atoms with Gasteiger partial charge in [-0.15, -0.1) is 0 Å². The molecule has 0 N–H and O–H groups in total. The SMILES string of the molecule is CC1=Cc2c(-c3cccc4ccccc34)ccc(C)c2[CH]1[Zr]([Cl])([Cl])([CH]1C(C2CCC2)=Cc2c(-c3cccc4ccccc34)cccc21)[SiH](C)C. The van der Waals surface area contributed by atoms with Crippen molar-refractivity contribution in [1.82, 2.24) is 0 Å². The summed E-state index contributed by atoms with van der Waals surface area (Å²) in [5.74, 6) is -1.11. The van der Waals surface area contributed by atoms with E-state index in [1.807, 2.05) is 0 Å². The molecule has 2 atom stereocenters. The van der Waals surface area contributed by atoms with E-state index in [9.17, 15) is 0 Å². The molecule has 2 unspecified atom stereocenters. The number of hydrogen-bond donors (Lipinski definition) is 0. The van der Waals surface area contributed by atoms with Crippen LogP contribution in [0.4, 0.5) is 0 Å². The minimum absolute atomic E-state index is 0.0806. The van der Waals surface area contributed by atoms with Gasteiger partial charge in [-0.25, -0.2) is 0 Å².